The summed E-state index contributed by atoms with van der Waals surface area (Å²) >= 11 is 0. The zero-order valence-corrected chi connectivity index (χ0v) is 16.2. The van der Waals surface area contributed by atoms with Crippen LogP contribution in [-0.2, 0) is 14.3 Å². The van der Waals surface area contributed by atoms with Crippen LogP contribution in [0, 0.1) is 0 Å². The SMILES string of the molecule is COc1ccccc1C(=O)NCCC(=O)O[C@@H](C(=O)NC1CC1)c1ccccc1. The molecule has 2 amide bonds. The first-order valence-corrected chi connectivity index (χ1v) is 9.54. The average Bonchev–Trinajstić information content (AvgIpc) is 3.56. The number of carbonyl (C=O) groups excluding carboxylic acids is 3. The van der Waals surface area contributed by atoms with Gasteiger partial charge < -0.3 is 20.1 Å². The average molecular weight is 396 g/mol. The van der Waals surface area contributed by atoms with Crippen molar-refractivity contribution in [3.05, 3.63) is 65.7 Å². The Kier molecular flexibility index (Phi) is 6.84. The van der Waals surface area contributed by atoms with Gasteiger partial charge in [0.05, 0.1) is 19.1 Å². The van der Waals surface area contributed by atoms with Gasteiger partial charge in [0.15, 0.2) is 0 Å². The number of carbonyl (C=O) groups is 3. The molecule has 7 heteroatoms. The Morgan fingerprint density at radius 3 is 2.41 bits per heavy atom. The first kappa shape index (κ1) is 20.4. The fourth-order valence-corrected chi connectivity index (χ4v) is 2.80. The van der Waals surface area contributed by atoms with Crippen LogP contribution in [0.15, 0.2) is 54.6 Å². The highest BCUT2D eigenvalue weighted by atomic mass is 16.5. The van der Waals surface area contributed by atoms with Gasteiger partial charge in [0.1, 0.15) is 5.75 Å². The van der Waals surface area contributed by atoms with Crippen molar-refractivity contribution in [2.75, 3.05) is 13.7 Å². The van der Waals surface area contributed by atoms with Crippen LogP contribution < -0.4 is 15.4 Å². The Balaban J connectivity index is 1.54. The Bertz CT molecular complexity index is 865. The van der Waals surface area contributed by atoms with Crippen LogP contribution in [0.1, 0.15) is 41.3 Å². The summed E-state index contributed by atoms with van der Waals surface area (Å²) in [6.07, 6.45) is 0.821. The normalized spacial score (nSPS) is 13.8. The van der Waals surface area contributed by atoms with E-state index in [2.05, 4.69) is 10.6 Å². The molecule has 1 aliphatic carbocycles. The van der Waals surface area contributed by atoms with Gasteiger partial charge in [-0.05, 0) is 25.0 Å². The molecule has 0 unspecified atom stereocenters. The smallest absolute Gasteiger partial charge is 0.308 e. The van der Waals surface area contributed by atoms with Crippen LogP contribution >= 0.6 is 0 Å². The monoisotopic (exact) mass is 396 g/mol. The first-order chi connectivity index (χ1) is 14.1. The molecule has 2 N–H and O–H groups in total. The van der Waals surface area contributed by atoms with Crippen LogP contribution in [-0.4, -0.2) is 37.5 Å². The van der Waals surface area contributed by atoms with Crippen LogP contribution in [0.3, 0.4) is 0 Å². The Morgan fingerprint density at radius 1 is 1.03 bits per heavy atom. The molecule has 2 aromatic rings. The zero-order valence-electron chi connectivity index (χ0n) is 16.2. The maximum Gasteiger partial charge on any atom is 0.308 e. The molecule has 1 atom stereocenters. The molecule has 0 aliphatic heterocycles. The lowest BCUT2D eigenvalue weighted by molar-refractivity contribution is -0.156. The summed E-state index contributed by atoms with van der Waals surface area (Å²) < 4.78 is 10.6. The molecule has 0 aromatic heterocycles. The third-order valence-corrected chi connectivity index (χ3v) is 4.48. The van der Waals surface area contributed by atoms with Crippen molar-refractivity contribution in [1.82, 2.24) is 10.6 Å². The van der Waals surface area contributed by atoms with Crippen molar-refractivity contribution in [3.63, 3.8) is 0 Å². The van der Waals surface area contributed by atoms with Crippen LogP contribution in [0.25, 0.3) is 0 Å². The van der Waals surface area contributed by atoms with Crippen molar-refractivity contribution in [3.8, 4) is 5.75 Å². The maximum absolute atomic E-state index is 12.5. The van der Waals surface area contributed by atoms with E-state index >= 15 is 0 Å². The van der Waals surface area contributed by atoms with Crippen molar-refractivity contribution in [2.24, 2.45) is 0 Å². The molecule has 29 heavy (non-hydrogen) atoms. The lowest BCUT2D eigenvalue weighted by Gasteiger charge is -2.18. The van der Waals surface area contributed by atoms with Crippen molar-refractivity contribution < 1.29 is 23.9 Å². The number of ether oxygens (including phenoxy) is 2. The molecule has 2 aromatic carbocycles. The highest BCUT2D eigenvalue weighted by Crippen LogP contribution is 2.23. The Morgan fingerprint density at radius 2 is 1.72 bits per heavy atom. The molecule has 7 nitrogen and oxygen atoms in total. The number of hydrogen-bond donors (Lipinski definition) is 2. The van der Waals surface area contributed by atoms with Gasteiger partial charge in [-0.15, -0.1) is 0 Å². The summed E-state index contributed by atoms with van der Waals surface area (Å²) in [6, 6.07) is 15.9. The molecule has 152 valence electrons. The third kappa shape index (κ3) is 5.81. The predicted octanol–water partition coefficient (Wildman–Crippen LogP) is 2.38. The van der Waals surface area contributed by atoms with Gasteiger partial charge >= 0.3 is 5.97 Å². The van der Waals surface area contributed by atoms with Crippen LogP contribution in [0.2, 0.25) is 0 Å². The van der Waals surface area contributed by atoms with E-state index in [1.54, 1.807) is 48.5 Å². The molecule has 0 heterocycles. The second-order valence-corrected chi connectivity index (χ2v) is 6.77. The highest BCUT2D eigenvalue weighted by molar-refractivity contribution is 5.97. The van der Waals surface area contributed by atoms with E-state index in [0.29, 0.717) is 16.9 Å². The number of hydrogen-bond acceptors (Lipinski definition) is 5. The summed E-state index contributed by atoms with van der Waals surface area (Å²) in [4.78, 5) is 37.1. The summed E-state index contributed by atoms with van der Waals surface area (Å²) in [5, 5.41) is 5.54. The molecule has 3 rings (SSSR count). The minimum Gasteiger partial charge on any atom is -0.496 e. The lowest BCUT2D eigenvalue weighted by Crippen LogP contribution is -2.34. The van der Waals surface area contributed by atoms with Crippen LogP contribution in [0.5, 0.6) is 5.75 Å². The number of rotatable bonds is 9. The molecule has 1 saturated carbocycles. The van der Waals surface area contributed by atoms with Gasteiger partial charge in [0.25, 0.3) is 11.8 Å². The van der Waals surface area contributed by atoms with Crippen molar-refractivity contribution >= 4 is 17.8 Å². The number of benzene rings is 2. The number of nitrogens with one attached hydrogen (secondary N) is 2. The number of para-hydroxylation sites is 1. The van der Waals surface area contributed by atoms with Gasteiger partial charge in [-0.3, -0.25) is 14.4 Å². The van der Waals surface area contributed by atoms with Gasteiger partial charge in [-0.25, -0.2) is 0 Å². The topological polar surface area (TPSA) is 93.7 Å². The van der Waals surface area contributed by atoms with Gasteiger partial charge in [0, 0.05) is 18.2 Å². The zero-order chi connectivity index (χ0) is 20.6. The molecule has 0 spiro atoms. The quantitative estimate of drug-likeness (QED) is 0.635. The minimum atomic E-state index is -1.01. The van der Waals surface area contributed by atoms with Crippen molar-refractivity contribution in [1.29, 1.82) is 0 Å². The standard InChI is InChI=1S/C22H24N2O5/c1-28-18-10-6-5-9-17(18)21(26)23-14-13-19(25)29-20(15-7-3-2-4-8-15)22(27)24-16-11-12-16/h2-10,16,20H,11-14H2,1H3,(H,23,26)(H,24,27)/t20-/m1/s1. The Hall–Kier alpha value is -3.35. The summed E-state index contributed by atoms with van der Waals surface area (Å²) in [6.45, 7) is 0.0848. The Labute approximate surface area is 169 Å². The summed E-state index contributed by atoms with van der Waals surface area (Å²) in [5.41, 5.74) is 0.992. The number of methoxy groups -OCH3 is 1. The molecule has 1 aliphatic rings. The van der Waals surface area contributed by atoms with E-state index in [0.717, 1.165) is 12.8 Å². The van der Waals surface area contributed by atoms with E-state index in [1.165, 1.54) is 7.11 Å². The van der Waals surface area contributed by atoms with E-state index in [9.17, 15) is 14.4 Å². The lowest BCUT2D eigenvalue weighted by atomic mass is 10.1. The first-order valence-electron chi connectivity index (χ1n) is 9.54. The molecule has 0 radical (unpaired) electrons. The second kappa shape index (κ2) is 9.73. The van der Waals surface area contributed by atoms with E-state index in [4.69, 9.17) is 9.47 Å². The predicted molar refractivity (Wildman–Crippen MR) is 106 cm³/mol. The number of esters is 1. The fourth-order valence-electron chi connectivity index (χ4n) is 2.80. The van der Waals surface area contributed by atoms with E-state index < -0.39 is 12.1 Å². The van der Waals surface area contributed by atoms with E-state index in [-0.39, 0.29) is 30.8 Å². The molecule has 0 bridgehead atoms. The second-order valence-electron chi connectivity index (χ2n) is 6.77. The largest absolute Gasteiger partial charge is 0.496 e. The molecular weight excluding hydrogens is 372 g/mol. The molecule has 1 fully saturated rings. The molecule has 0 saturated heterocycles. The maximum atomic E-state index is 12.5. The fraction of sp³-hybridized carbons (Fsp3) is 0.318. The van der Waals surface area contributed by atoms with Gasteiger partial charge in [-0.1, -0.05) is 42.5 Å². The van der Waals surface area contributed by atoms with Gasteiger partial charge in [0.2, 0.25) is 6.10 Å². The van der Waals surface area contributed by atoms with E-state index in [1.807, 2.05) is 6.07 Å². The molecular formula is C22H24N2O5. The van der Waals surface area contributed by atoms with Crippen LogP contribution in [0.4, 0.5) is 0 Å². The highest BCUT2D eigenvalue weighted by Gasteiger charge is 2.30. The number of amides is 2. The minimum absolute atomic E-state index is 0.0546. The van der Waals surface area contributed by atoms with Crippen molar-refractivity contribution in [2.45, 2.75) is 31.4 Å². The summed E-state index contributed by atoms with van der Waals surface area (Å²) in [5.74, 6) is -0.787. The summed E-state index contributed by atoms with van der Waals surface area (Å²) in [7, 11) is 1.49. The van der Waals surface area contributed by atoms with Gasteiger partial charge in [-0.2, -0.15) is 0 Å². The third-order valence-electron chi connectivity index (χ3n) is 4.48.